The lowest BCUT2D eigenvalue weighted by atomic mass is 10.0. The lowest BCUT2D eigenvalue weighted by Crippen LogP contribution is -2.44. The molecule has 1 N–H and O–H groups in total. The van der Waals surface area contributed by atoms with E-state index in [1.165, 1.54) is 23.9 Å². The molecule has 170 valence electrons. The fourth-order valence-corrected chi connectivity index (χ4v) is 4.46. The summed E-state index contributed by atoms with van der Waals surface area (Å²) in [6.45, 7) is 6.44. The van der Waals surface area contributed by atoms with Crippen LogP contribution in [0.15, 0.2) is 28.8 Å². The Morgan fingerprint density at radius 2 is 1.90 bits per heavy atom. The van der Waals surface area contributed by atoms with Gasteiger partial charge in [0.05, 0.1) is 36.3 Å². The molecule has 1 aromatic carbocycles. The highest BCUT2D eigenvalue weighted by Gasteiger charge is 2.31. The predicted octanol–water partition coefficient (Wildman–Crippen LogP) is 3.73. The lowest BCUT2D eigenvalue weighted by Gasteiger charge is -2.35. The van der Waals surface area contributed by atoms with Crippen molar-refractivity contribution in [2.24, 2.45) is 0 Å². The molecule has 0 radical (unpaired) electrons. The number of hydrogen-bond donors (Lipinski definition) is 1. The van der Waals surface area contributed by atoms with E-state index in [0.29, 0.717) is 38.6 Å². The van der Waals surface area contributed by atoms with Gasteiger partial charge in [0, 0.05) is 31.0 Å². The molecule has 3 rings (SSSR count). The largest absolute Gasteiger partial charge is 0.416 e. The first-order chi connectivity index (χ1) is 14.8. The summed E-state index contributed by atoms with van der Waals surface area (Å²) in [6, 6.07) is 4.93. The molecule has 10 heteroatoms. The normalized spacial score (nSPS) is 16.3. The molecular weight excluding hydrogens is 431 g/mol. The number of aryl methyl sites for hydroxylation is 2. The molecular formula is C21H26F3N3O3S. The van der Waals surface area contributed by atoms with Crippen molar-refractivity contribution in [1.82, 2.24) is 15.4 Å². The van der Waals surface area contributed by atoms with Gasteiger partial charge in [-0.1, -0.05) is 17.3 Å². The summed E-state index contributed by atoms with van der Waals surface area (Å²) in [6.07, 6.45) is -4.38. The Morgan fingerprint density at radius 3 is 2.48 bits per heavy atom. The van der Waals surface area contributed by atoms with Crippen molar-refractivity contribution in [2.45, 2.75) is 31.8 Å². The fraction of sp³-hybridized carbons (Fsp3) is 0.524. The SMILES string of the molecule is Cc1noc(C)c1CSCC(=O)NCC(c1ccc(C(F)(F)F)cc1)N1CCOCC1. The summed E-state index contributed by atoms with van der Waals surface area (Å²) >= 11 is 1.46. The van der Waals surface area contributed by atoms with Gasteiger partial charge in [0.15, 0.2) is 0 Å². The second-order valence-corrected chi connectivity index (χ2v) is 8.37. The van der Waals surface area contributed by atoms with Crippen LogP contribution in [-0.4, -0.2) is 54.6 Å². The Kier molecular flexibility index (Phi) is 8.01. The van der Waals surface area contributed by atoms with Crippen LogP contribution in [0.4, 0.5) is 13.2 Å². The third kappa shape index (κ3) is 6.47. The van der Waals surface area contributed by atoms with Crippen LogP contribution in [0, 0.1) is 13.8 Å². The number of rotatable bonds is 8. The maximum atomic E-state index is 12.9. The molecule has 1 saturated heterocycles. The molecule has 1 fully saturated rings. The zero-order valence-corrected chi connectivity index (χ0v) is 18.3. The number of thioether (sulfide) groups is 1. The third-order valence-corrected chi connectivity index (χ3v) is 6.22. The molecule has 0 aliphatic carbocycles. The number of alkyl halides is 3. The number of aromatic nitrogens is 1. The van der Waals surface area contributed by atoms with Crippen molar-refractivity contribution >= 4 is 17.7 Å². The van der Waals surface area contributed by atoms with Crippen LogP contribution in [0.25, 0.3) is 0 Å². The number of amides is 1. The molecule has 1 atom stereocenters. The maximum absolute atomic E-state index is 12.9. The fourth-order valence-electron chi connectivity index (χ4n) is 3.46. The maximum Gasteiger partial charge on any atom is 0.416 e. The quantitative estimate of drug-likeness (QED) is 0.652. The van der Waals surface area contributed by atoms with Crippen molar-refractivity contribution in [1.29, 1.82) is 0 Å². The first-order valence-electron chi connectivity index (χ1n) is 10.0. The van der Waals surface area contributed by atoms with Crippen LogP contribution in [0.1, 0.15) is 34.2 Å². The summed E-state index contributed by atoms with van der Waals surface area (Å²) in [5, 5.41) is 6.83. The van der Waals surface area contributed by atoms with Gasteiger partial charge in [0.2, 0.25) is 5.91 Å². The first-order valence-corrected chi connectivity index (χ1v) is 11.2. The lowest BCUT2D eigenvalue weighted by molar-refractivity contribution is -0.137. The minimum Gasteiger partial charge on any atom is -0.379 e. The molecule has 1 aliphatic heterocycles. The van der Waals surface area contributed by atoms with E-state index in [9.17, 15) is 18.0 Å². The van der Waals surface area contributed by atoms with Gasteiger partial charge in [-0.15, -0.1) is 11.8 Å². The number of ether oxygens (including phenoxy) is 1. The molecule has 2 heterocycles. The monoisotopic (exact) mass is 457 g/mol. The number of carbonyl (C=O) groups is 1. The average molecular weight is 458 g/mol. The highest BCUT2D eigenvalue weighted by molar-refractivity contribution is 7.99. The van der Waals surface area contributed by atoms with Crippen molar-refractivity contribution < 1.29 is 27.2 Å². The molecule has 0 bridgehead atoms. The second kappa shape index (κ2) is 10.5. The van der Waals surface area contributed by atoms with E-state index in [1.54, 1.807) is 0 Å². The van der Waals surface area contributed by atoms with Gasteiger partial charge >= 0.3 is 6.18 Å². The van der Waals surface area contributed by atoms with Gasteiger partial charge in [-0.25, -0.2) is 0 Å². The minimum absolute atomic E-state index is 0.123. The van der Waals surface area contributed by atoms with E-state index in [4.69, 9.17) is 9.26 Å². The Labute approximate surface area is 183 Å². The second-order valence-electron chi connectivity index (χ2n) is 7.38. The zero-order chi connectivity index (χ0) is 22.4. The zero-order valence-electron chi connectivity index (χ0n) is 17.5. The third-order valence-electron chi connectivity index (χ3n) is 5.26. The van der Waals surface area contributed by atoms with Gasteiger partial charge < -0.3 is 14.6 Å². The summed E-state index contributed by atoms with van der Waals surface area (Å²) in [5.74, 6) is 1.52. The summed E-state index contributed by atoms with van der Waals surface area (Å²) in [5.41, 5.74) is 1.86. The Morgan fingerprint density at radius 1 is 1.23 bits per heavy atom. The molecule has 1 unspecified atom stereocenters. The minimum atomic E-state index is -4.38. The molecule has 0 saturated carbocycles. The smallest absolute Gasteiger partial charge is 0.379 e. The topological polar surface area (TPSA) is 67.6 Å². The van der Waals surface area contributed by atoms with Crippen molar-refractivity contribution in [3.05, 3.63) is 52.4 Å². The number of nitrogens with one attached hydrogen (secondary N) is 1. The molecule has 6 nitrogen and oxygen atoms in total. The molecule has 1 aromatic heterocycles. The molecule has 1 aliphatic rings. The van der Waals surface area contributed by atoms with Crippen molar-refractivity contribution in [2.75, 3.05) is 38.6 Å². The summed E-state index contributed by atoms with van der Waals surface area (Å²) < 4.78 is 49.2. The van der Waals surface area contributed by atoms with Crippen LogP contribution in [0.3, 0.4) is 0 Å². The van der Waals surface area contributed by atoms with Crippen molar-refractivity contribution in [3.63, 3.8) is 0 Å². The van der Waals surface area contributed by atoms with Gasteiger partial charge in [0.25, 0.3) is 0 Å². The first kappa shape index (κ1) is 23.6. The molecule has 0 spiro atoms. The van der Waals surface area contributed by atoms with E-state index >= 15 is 0 Å². The van der Waals surface area contributed by atoms with Crippen LogP contribution in [-0.2, 0) is 21.5 Å². The molecule has 31 heavy (non-hydrogen) atoms. The molecule has 1 amide bonds. The number of morpholine rings is 1. The van der Waals surface area contributed by atoms with Crippen molar-refractivity contribution in [3.8, 4) is 0 Å². The van der Waals surface area contributed by atoms with Gasteiger partial charge in [-0.3, -0.25) is 9.69 Å². The van der Waals surface area contributed by atoms with Crippen LogP contribution in [0.2, 0.25) is 0 Å². The van der Waals surface area contributed by atoms with Gasteiger partial charge in [-0.05, 0) is 31.5 Å². The van der Waals surface area contributed by atoms with E-state index < -0.39 is 11.7 Å². The Balaban J connectivity index is 1.59. The number of carbonyl (C=O) groups excluding carboxylic acids is 1. The highest BCUT2D eigenvalue weighted by atomic mass is 32.2. The van der Waals surface area contributed by atoms with E-state index in [-0.39, 0.29) is 17.7 Å². The number of nitrogens with zero attached hydrogens (tertiary/aromatic N) is 2. The van der Waals surface area contributed by atoms with E-state index in [2.05, 4.69) is 15.4 Å². The number of benzene rings is 1. The number of halogens is 3. The van der Waals surface area contributed by atoms with Crippen LogP contribution in [0.5, 0.6) is 0 Å². The average Bonchev–Trinajstić information content (AvgIpc) is 3.06. The van der Waals surface area contributed by atoms with Crippen LogP contribution >= 0.6 is 11.8 Å². The number of hydrogen-bond acceptors (Lipinski definition) is 6. The van der Waals surface area contributed by atoms with Gasteiger partial charge in [-0.2, -0.15) is 13.2 Å². The predicted molar refractivity (Wildman–Crippen MR) is 112 cm³/mol. The summed E-state index contributed by atoms with van der Waals surface area (Å²) in [7, 11) is 0. The highest BCUT2D eigenvalue weighted by Crippen LogP contribution is 2.31. The van der Waals surface area contributed by atoms with E-state index in [1.807, 2.05) is 13.8 Å². The Bertz CT molecular complexity index is 845. The van der Waals surface area contributed by atoms with E-state index in [0.717, 1.165) is 34.7 Å². The van der Waals surface area contributed by atoms with Crippen LogP contribution < -0.4 is 5.32 Å². The van der Waals surface area contributed by atoms with Gasteiger partial charge in [0.1, 0.15) is 5.76 Å². The summed E-state index contributed by atoms with van der Waals surface area (Å²) in [4.78, 5) is 14.5. The standard InChI is InChI=1S/C21H26F3N3O3S/c1-14-18(15(2)30-26-14)12-31-13-20(28)25-11-19(27-7-9-29-10-8-27)16-3-5-17(6-4-16)21(22,23)24/h3-6,19H,7-13H2,1-2H3,(H,25,28). The molecule has 2 aromatic rings. The Hall–Kier alpha value is -2.04.